The number of rotatable bonds is 7. The predicted molar refractivity (Wildman–Crippen MR) is 113 cm³/mol. The van der Waals surface area contributed by atoms with Crippen LogP contribution in [0.3, 0.4) is 0 Å². The van der Waals surface area contributed by atoms with Gasteiger partial charge in [-0.2, -0.15) is 0 Å². The molecule has 1 aliphatic carbocycles. The highest BCUT2D eigenvalue weighted by molar-refractivity contribution is 7.92. The minimum Gasteiger partial charge on any atom is -0.326 e. The van der Waals surface area contributed by atoms with Crippen LogP contribution in [0.4, 0.5) is 11.4 Å². The van der Waals surface area contributed by atoms with Crippen molar-refractivity contribution >= 4 is 27.3 Å². The molecule has 2 aromatic rings. The summed E-state index contributed by atoms with van der Waals surface area (Å²) in [5, 5.41) is 2.89. The number of benzene rings is 2. The van der Waals surface area contributed by atoms with E-state index in [0.717, 1.165) is 12.0 Å². The molecule has 0 aliphatic heterocycles. The van der Waals surface area contributed by atoms with Crippen LogP contribution in [0.25, 0.3) is 0 Å². The Labute approximate surface area is 167 Å². The highest BCUT2D eigenvalue weighted by Crippen LogP contribution is 2.27. The average molecular weight is 401 g/mol. The van der Waals surface area contributed by atoms with Gasteiger partial charge >= 0.3 is 0 Å². The van der Waals surface area contributed by atoms with Crippen molar-refractivity contribution in [2.24, 2.45) is 5.92 Å². The number of hydrogen-bond acceptors (Lipinski definition) is 3. The number of amides is 1. The van der Waals surface area contributed by atoms with Crippen molar-refractivity contribution in [1.82, 2.24) is 0 Å². The molecule has 0 spiro atoms. The van der Waals surface area contributed by atoms with E-state index in [1.165, 1.54) is 32.1 Å². The molecular weight excluding hydrogens is 372 g/mol. The molecule has 2 aromatic carbocycles. The number of sulfonamides is 1. The molecule has 0 atom stereocenters. The standard InChI is InChI=1S/C22H28N2O3S/c1-17-7-14-21(15-8-17)28(26,27)24-20-12-10-19(11-13-20)23-22(25)16-9-18-5-3-2-4-6-18/h7-8,10-15,18,24H,2-6,9,16H2,1H3,(H,23,25). The monoisotopic (exact) mass is 400 g/mol. The number of aryl methyl sites for hydroxylation is 1. The average Bonchev–Trinajstić information content (AvgIpc) is 2.69. The summed E-state index contributed by atoms with van der Waals surface area (Å²) in [6.45, 7) is 1.91. The van der Waals surface area contributed by atoms with Crippen molar-refractivity contribution in [3.8, 4) is 0 Å². The van der Waals surface area contributed by atoms with E-state index in [9.17, 15) is 13.2 Å². The van der Waals surface area contributed by atoms with Crippen LogP contribution in [0.2, 0.25) is 0 Å². The van der Waals surface area contributed by atoms with E-state index in [0.29, 0.717) is 23.7 Å². The van der Waals surface area contributed by atoms with Gasteiger partial charge in [0.1, 0.15) is 0 Å². The number of carbonyl (C=O) groups excluding carboxylic acids is 1. The molecule has 0 radical (unpaired) electrons. The third kappa shape index (κ3) is 5.83. The molecule has 5 nitrogen and oxygen atoms in total. The first-order valence-corrected chi connectivity index (χ1v) is 11.4. The molecule has 2 N–H and O–H groups in total. The normalized spacial score (nSPS) is 15.2. The van der Waals surface area contributed by atoms with Crippen LogP contribution in [-0.4, -0.2) is 14.3 Å². The first kappa shape index (κ1) is 20.4. The first-order valence-electron chi connectivity index (χ1n) is 9.92. The second-order valence-electron chi connectivity index (χ2n) is 7.59. The molecule has 150 valence electrons. The molecule has 0 bridgehead atoms. The topological polar surface area (TPSA) is 75.3 Å². The third-order valence-corrected chi connectivity index (χ3v) is 6.65. The van der Waals surface area contributed by atoms with Crippen molar-refractivity contribution in [3.05, 3.63) is 54.1 Å². The Hall–Kier alpha value is -2.34. The molecular formula is C22H28N2O3S. The fraction of sp³-hybridized carbons (Fsp3) is 0.409. The minimum absolute atomic E-state index is 0.0126. The van der Waals surface area contributed by atoms with Gasteiger partial charge in [0.2, 0.25) is 5.91 Å². The number of carbonyl (C=O) groups is 1. The van der Waals surface area contributed by atoms with Crippen LogP contribution in [0, 0.1) is 12.8 Å². The van der Waals surface area contributed by atoms with E-state index in [2.05, 4.69) is 10.0 Å². The molecule has 28 heavy (non-hydrogen) atoms. The maximum Gasteiger partial charge on any atom is 0.261 e. The molecule has 1 saturated carbocycles. The maximum atomic E-state index is 12.4. The van der Waals surface area contributed by atoms with Crippen molar-refractivity contribution in [3.63, 3.8) is 0 Å². The Kier molecular flexibility index (Phi) is 6.73. The van der Waals surface area contributed by atoms with E-state index >= 15 is 0 Å². The lowest BCUT2D eigenvalue weighted by Crippen LogP contribution is -2.15. The van der Waals surface area contributed by atoms with Crippen LogP contribution in [0.1, 0.15) is 50.5 Å². The third-order valence-electron chi connectivity index (χ3n) is 5.26. The van der Waals surface area contributed by atoms with Crippen molar-refractivity contribution in [1.29, 1.82) is 0 Å². The van der Waals surface area contributed by atoms with Crippen molar-refractivity contribution in [2.45, 2.75) is 56.8 Å². The highest BCUT2D eigenvalue weighted by Gasteiger charge is 2.16. The summed E-state index contributed by atoms with van der Waals surface area (Å²) in [6.07, 6.45) is 7.85. The van der Waals surface area contributed by atoms with Crippen LogP contribution in [0.15, 0.2) is 53.4 Å². The Morgan fingerprint density at radius 1 is 0.929 bits per heavy atom. The zero-order valence-corrected chi connectivity index (χ0v) is 17.1. The number of nitrogens with one attached hydrogen (secondary N) is 2. The molecule has 3 rings (SSSR count). The van der Waals surface area contributed by atoms with Crippen LogP contribution in [0.5, 0.6) is 0 Å². The van der Waals surface area contributed by atoms with Gasteiger partial charge in [-0.25, -0.2) is 8.42 Å². The summed E-state index contributed by atoms with van der Waals surface area (Å²) in [5.74, 6) is 0.691. The fourth-order valence-electron chi connectivity index (χ4n) is 3.59. The van der Waals surface area contributed by atoms with Gasteiger partial charge in [-0.1, -0.05) is 49.8 Å². The predicted octanol–water partition coefficient (Wildman–Crippen LogP) is 5.09. The van der Waals surface area contributed by atoms with Gasteiger partial charge in [-0.15, -0.1) is 0 Å². The summed E-state index contributed by atoms with van der Waals surface area (Å²) in [5.41, 5.74) is 2.13. The lowest BCUT2D eigenvalue weighted by atomic mass is 9.86. The van der Waals surface area contributed by atoms with E-state index in [4.69, 9.17) is 0 Å². The summed E-state index contributed by atoms with van der Waals surface area (Å²) >= 11 is 0. The zero-order valence-electron chi connectivity index (χ0n) is 16.3. The zero-order chi connectivity index (χ0) is 20.0. The van der Waals surface area contributed by atoms with Gasteiger partial charge in [0.15, 0.2) is 0 Å². The van der Waals surface area contributed by atoms with Gasteiger partial charge < -0.3 is 5.32 Å². The summed E-state index contributed by atoms with van der Waals surface area (Å²) in [7, 11) is -3.62. The second kappa shape index (κ2) is 9.24. The van der Waals surface area contributed by atoms with Crippen molar-refractivity contribution in [2.75, 3.05) is 10.0 Å². The first-order chi connectivity index (χ1) is 13.4. The molecule has 0 unspecified atom stereocenters. The van der Waals surface area contributed by atoms with E-state index in [1.807, 2.05) is 6.92 Å². The number of hydrogen-bond donors (Lipinski definition) is 2. The van der Waals surface area contributed by atoms with Gasteiger partial charge in [0.25, 0.3) is 10.0 Å². The minimum atomic E-state index is -3.62. The fourth-order valence-corrected chi connectivity index (χ4v) is 4.65. The largest absolute Gasteiger partial charge is 0.326 e. The molecule has 1 fully saturated rings. The van der Waals surface area contributed by atoms with E-state index < -0.39 is 10.0 Å². The van der Waals surface area contributed by atoms with Crippen LogP contribution in [-0.2, 0) is 14.8 Å². The molecule has 0 saturated heterocycles. The van der Waals surface area contributed by atoms with E-state index in [-0.39, 0.29) is 10.8 Å². The molecule has 0 aromatic heterocycles. The SMILES string of the molecule is Cc1ccc(S(=O)(=O)Nc2ccc(NC(=O)CCC3CCCCC3)cc2)cc1. The second-order valence-corrected chi connectivity index (χ2v) is 9.27. The van der Waals surface area contributed by atoms with Gasteiger partial charge in [-0.3, -0.25) is 9.52 Å². The van der Waals surface area contributed by atoms with Crippen molar-refractivity contribution < 1.29 is 13.2 Å². The maximum absolute atomic E-state index is 12.4. The Morgan fingerprint density at radius 2 is 1.54 bits per heavy atom. The molecule has 6 heteroatoms. The Bertz CT molecular complexity index is 884. The van der Waals surface area contributed by atoms with Gasteiger partial charge in [0.05, 0.1) is 4.90 Å². The Balaban J connectivity index is 1.52. The highest BCUT2D eigenvalue weighted by atomic mass is 32.2. The summed E-state index contributed by atoms with van der Waals surface area (Å²) < 4.78 is 27.4. The number of anilines is 2. The smallest absolute Gasteiger partial charge is 0.261 e. The lowest BCUT2D eigenvalue weighted by molar-refractivity contribution is -0.116. The molecule has 1 amide bonds. The van der Waals surface area contributed by atoms with Gasteiger partial charge in [-0.05, 0) is 55.7 Å². The van der Waals surface area contributed by atoms with Gasteiger partial charge in [0, 0.05) is 17.8 Å². The lowest BCUT2D eigenvalue weighted by Gasteiger charge is -2.21. The van der Waals surface area contributed by atoms with Crippen LogP contribution < -0.4 is 10.0 Å². The van der Waals surface area contributed by atoms with Crippen LogP contribution >= 0.6 is 0 Å². The Morgan fingerprint density at radius 3 is 2.18 bits per heavy atom. The molecule has 0 heterocycles. The summed E-state index contributed by atoms with van der Waals surface area (Å²) in [4.78, 5) is 12.4. The quantitative estimate of drug-likeness (QED) is 0.679. The van der Waals surface area contributed by atoms with E-state index in [1.54, 1.807) is 48.5 Å². The summed E-state index contributed by atoms with van der Waals surface area (Å²) in [6, 6.07) is 13.4. The molecule has 1 aliphatic rings.